The van der Waals surface area contributed by atoms with Crippen molar-refractivity contribution in [2.75, 3.05) is 11.9 Å². The van der Waals surface area contributed by atoms with Gasteiger partial charge in [-0.1, -0.05) is 35.3 Å². The van der Waals surface area contributed by atoms with Gasteiger partial charge in [0.1, 0.15) is 5.75 Å². The van der Waals surface area contributed by atoms with E-state index in [9.17, 15) is 19.7 Å². The van der Waals surface area contributed by atoms with E-state index in [2.05, 4.69) is 15.8 Å². The van der Waals surface area contributed by atoms with Crippen molar-refractivity contribution in [1.82, 2.24) is 5.43 Å². The number of nitro groups is 1. The van der Waals surface area contributed by atoms with Crippen LogP contribution in [0.4, 0.5) is 11.4 Å². The van der Waals surface area contributed by atoms with Gasteiger partial charge >= 0.3 is 0 Å². The fraction of sp³-hybridized carbons (Fsp3) is 0.0455. The monoisotopic (exact) mass is 486 g/mol. The van der Waals surface area contributed by atoms with Crippen LogP contribution in [-0.4, -0.2) is 29.6 Å². The average Bonchev–Trinajstić information content (AvgIpc) is 2.81. The molecule has 2 N–H and O–H groups in total. The highest BCUT2D eigenvalue weighted by atomic mass is 35.5. The quantitative estimate of drug-likeness (QED) is 0.271. The standard InChI is InChI=1S/C22H16Cl2N4O5/c23-18-10-7-16(11-19(18)24)26-21(29)13-33-20-4-2-1-3-15(20)12-25-27-22(30)14-5-8-17(9-6-14)28(31)32/h1-12H,13H2,(H,26,29)(H,27,30)/b25-12+. The van der Waals surface area contributed by atoms with E-state index in [1.165, 1.54) is 36.5 Å². The van der Waals surface area contributed by atoms with Gasteiger partial charge in [-0.2, -0.15) is 5.10 Å². The van der Waals surface area contributed by atoms with Crippen molar-refractivity contribution in [2.45, 2.75) is 0 Å². The lowest BCUT2D eigenvalue weighted by atomic mass is 10.2. The zero-order chi connectivity index (χ0) is 23.8. The summed E-state index contributed by atoms with van der Waals surface area (Å²) in [7, 11) is 0. The number of nitrogens with zero attached hydrogens (tertiary/aromatic N) is 2. The zero-order valence-corrected chi connectivity index (χ0v) is 18.3. The van der Waals surface area contributed by atoms with Crippen molar-refractivity contribution < 1.29 is 19.2 Å². The largest absolute Gasteiger partial charge is 0.483 e. The van der Waals surface area contributed by atoms with Gasteiger partial charge in [-0.05, 0) is 42.5 Å². The predicted molar refractivity (Wildman–Crippen MR) is 125 cm³/mol. The van der Waals surface area contributed by atoms with Crippen LogP contribution < -0.4 is 15.5 Å². The summed E-state index contributed by atoms with van der Waals surface area (Å²) in [4.78, 5) is 34.4. The summed E-state index contributed by atoms with van der Waals surface area (Å²) in [5.41, 5.74) is 3.41. The van der Waals surface area contributed by atoms with Gasteiger partial charge in [-0.3, -0.25) is 19.7 Å². The number of amides is 2. The molecule has 0 aliphatic rings. The van der Waals surface area contributed by atoms with E-state index in [-0.39, 0.29) is 17.9 Å². The van der Waals surface area contributed by atoms with Gasteiger partial charge in [0.05, 0.1) is 21.2 Å². The first-order valence-electron chi connectivity index (χ1n) is 9.38. The predicted octanol–water partition coefficient (Wildman–Crippen LogP) is 4.68. The minimum absolute atomic E-state index is 0.121. The van der Waals surface area contributed by atoms with Gasteiger partial charge in [0.15, 0.2) is 6.61 Å². The first-order chi connectivity index (χ1) is 15.8. The highest BCUT2D eigenvalue weighted by molar-refractivity contribution is 6.42. The van der Waals surface area contributed by atoms with Gasteiger partial charge in [0, 0.05) is 28.9 Å². The lowest BCUT2D eigenvalue weighted by Crippen LogP contribution is -2.20. The number of para-hydroxylation sites is 1. The number of non-ortho nitro benzene ring substituents is 1. The molecule has 0 saturated carbocycles. The first kappa shape index (κ1) is 23.7. The molecule has 0 aliphatic carbocycles. The van der Waals surface area contributed by atoms with Crippen LogP contribution in [0.5, 0.6) is 5.75 Å². The van der Waals surface area contributed by atoms with Crippen molar-refractivity contribution in [1.29, 1.82) is 0 Å². The second kappa shape index (κ2) is 11.1. The van der Waals surface area contributed by atoms with Crippen LogP contribution in [-0.2, 0) is 4.79 Å². The third-order valence-corrected chi connectivity index (χ3v) is 4.93. The second-order valence-corrected chi connectivity index (χ2v) is 7.32. The van der Waals surface area contributed by atoms with E-state index in [1.54, 1.807) is 36.4 Å². The smallest absolute Gasteiger partial charge is 0.271 e. The molecule has 0 radical (unpaired) electrons. The van der Waals surface area contributed by atoms with Gasteiger partial charge in [0.25, 0.3) is 17.5 Å². The van der Waals surface area contributed by atoms with E-state index in [1.807, 2.05) is 0 Å². The summed E-state index contributed by atoms with van der Waals surface area (Å²) in [5, 5.41) is 17.9. The van der Waals surface area contributed by atoms with Crippen LogP contribution in [0.25, 0.3) is 0 Å². The maximum atomic E-state index is 12.2. The number of carbonyl (C=O) groups excluding carboxylic acids is 2. The Morgan fingerprint density at radius 1 is 1.03 bits per heavy atom. The van der Waals surface area contributed by atoms with Crippen molar-refractivity contribution >= 4 is 52.6 Å². The number of nitro benzene ring substituents is 1. The number of ether oxygens (including phenoxy) is 1. The van der Waals surface area contributed by atoms with Crippen molar-refractivity contribution in [2.24, 2.45) is 5.10 Å². The van der Waals surface area contributed by atoms with E-state index < -0.39 is 16.7 Å². The summed E-state index contributed by atoms with van der Waals surface area (Å²) in [6, 6.07) is 16.6. The first-order valence-corrected chi connectivity index (χ1v) is 10.1. The molecule has 0 spiro atoms. The molecule has 168 valence electrons. The Hall–Kier alpha value is -3.95. The molecule has 33 heavy (non-hydrogen) atoms. The van der Waals surface area contributed by atoms with Crippen LogP contribution in [0, 0.1) is 10.1 Å². The molecule has 0 aromatic heterocycles. The Balaban J connectivity index is 1.57. The topological polar surface area (TPSA) is 123 Å². The minimum Gasteiger partial charge on any atom is -0.483 e. The molecule has 3 rings (SSSR count). The Bertz CT molecular complexity index is 1220. The molecule has 0 atom stereocenters. The van der Waals surface area contributed by atoms with E-state index >= 15 is 0 Å². The molecule has 0 heterocycles. The Morgan fingerprint density at radius 2 is 1.76 bits per heavy atom. The molecule has 3 aromatic carbocycles. The lowest BCUT2D eigenvalue weighted by molar-refractivity contribution is -0.384. The van der Waals surface area contributed by atoms with Gasteiger partial charge in [-0.15, -0.1) is 0 Å². The molecule has 0 unspecified atom stereocenters. The molecule has 0 bridgehead atoms. The number of halogens is 2. The lowest BCUT2D eigenvalue weighted by Gasteiger charge is -2.10. The van der Waals surface area contributed by atoms with Gasteiger partial charge < -0.3 is 10.1 Å². The Morgan fingerprint density at radius 3 is 2.45 bits per heavy atom. The van der Waals surface area contributed by atoms with Crippen LogP contribution in [0.1, 0.15) is 15.9 Å². The zero-order valence-electron chi connectivity index (χ0n) is 16.8. The normalized spacial score (nSPS) is 10.6. The third-order valence-electron chi connectivity index (χ3n) is 4.19. The maximum Gasteiger partial charge on any atom is 0.271 e. The SMILES string of the molecule is O=C(COc1ccccc1/C=N/NC(=O)c1ccc([N+](=O)[O-])cc1)Nc1ccc(Cl)c(Cl)c1. The maximum absolute atomic E-state index is 12.2. The van der Waals surface area contributed by atoms with E-state index in [4.69, 9.17) is 27.9 Å². The van der Waals surface area contributed by atoms with E-state index in [0.717, 1.165) is 0 Å². The fourth-order valence-electron chi connectivity index (χ4n) is 2.59. The minimum atomic E-state index is -0.554. The van der Waals surface area contributed by atoms with Crippen LogP contribution in [0.15, 0.2) is 71.8 Å². The van der Waals surface area contributed by atoms with Crippen LogP contribution in [0.2, 0.25) is 10.0 Å². The molecule has 3 aromatic rings. The number of benzene rings is 3. The second-order valence-electron chi connectivity index (χ2n) is 6.51. The highest BCUT2D eigenvalue weighted by Gasteiger charge is 2.10. The number of anilines is 1. The van der Waals surface area contributed by atoms with Crippen molar-refractivity contribution in [3.8, 4) is 5.75 Å². The third kappa shape index (κ3) is 6.76. The molecular formula is C22H16Cl2N4O5. The molecule has 0 fully saturated rings. The number of hydrogen-bond acceptors (Lipinski definition) is 6. The molecule has 0 aliphatic heterocycles. The Labute approximate surface area is 198 Å². The summed E-state index contributed by atoms with van der Waals surface area (Å²) in [6.45, 7) is -0.278. The Kier molecular flexibility index (Phi) is 7.96. The molecule has 9 nitrogen and oxygen atoms in total. The number of hydrogen-bond donors (Lipinski definition) is 2. The van der Waals surface area contributed by atoms with Gasteiger partial charge in [0.2, 0.25) is 0 Å². The summed E-state index contributed by atoms with van der Waals surface area (Å²) in [6.07, 6.45) is 1.36. The molecule has 11 heteroatoms. The number of hydrazone groups is 1. The highest BCUT2D eigenvalue weighted by Crippen LogP contribution is 2.25. The summed E-state index contributed by atoms with van der Waals surface area (Å²) in [5.74, 6) is -0.581. The molecule has 2 amide bonds. The van der Waals surface area contributed by atoms with E-state index in [0.29, 0.717) is 27.0 Å². The summed E-state index contributed by atoms with van der Waals surface area (Å²) >= 11 is 11.8. The van der Waals surface area contributed by atoms with Crippen molar-refractivity contribution in [3.05, 3.63) is 98.0 Å². The molecule has 0 saturated heterocycles. The van der Waals surface area contributed by atoms with Crippen LogP contribution >= 0.6 is 23.2 Å². The molecular weight excluding hydrogens is 471 g/mol. The van der Waals surface area contributed by atoms with Crippen LogP contribution in [0.3, 0.4) is 0 Å². The van der Waals surface area contributed by atoms with Gasteiger partial charge in [-0.25, -0.2) is 5.43 Å². The number of nitrogens with one attached hydrogen (secondary N) is 2. The number of rotatable bonds is 8. The average molecular weight is 487 g/mol. The summed E-state index contributed by atoms with van der Waals surface area (Å²) < 4.78 is 5.56. The van der Waals surface area contributed by atoms with Crippen molar-refractivity contribution in [3.63, 3.8) is 0 Å². The number of carbonyl (C=O) groups is 2. The fourth-order valence-corrected chi connectivity index (χ4v) is 2.89.